The van der Waals surface area contributed by atoms with Crippen molar-refractivity contribution >= 4 is 11.9 Å². The van der Waals surface area contributed by atoms with E-state index in [1.54, 1.807) is 6.92 Å². The van der Waals surface area contributed by atoms with Gasteiger partial charge in [0.05, 0.1) is 0 Å². The van der Waals surface area contributed by atoms with Crippen LogP contribution in [0.4, 0.5) is 0 Å². The van der Waals surface area contributed by atoms with Crippen molar-refractivity contribution in [2.75, 3.05) is 13.2 Å². The Bertz CT molecular complexity index is 382. The molecule has 0 aromatic heterocycles. The summed E-state index contributed by atoms with van der Waals surface area (Å²) in [5.41, 5.74) is -2.87. The number of aliphatic hydroxyl groups is 1. The van der Waals surface area contributed by atoms with E-state index in [4.69, 9.17) is 9.84 Å². The lowest BCUT2D eigenvalue weighted by molar-refractivity contribution is -0.210. The molecule has 3 N–H and O–H groups in total. The molecule has 1 aliphatic rings. The zero-order valence-corrected chi connectivity index (χ0v) is 15.3. The number of aliphatic carboxylic acids is 2. The summed E-state index contributed by atoms with van der Waals surface area (Å²) in [5, 5.41) is 27.2. The van der Waals surface area contributed by atoms with Crippen molar-refractivity contribution in [1.29, 1.82) is 0 Å². The number of aliphatic hydroxyl groups excluding tert-OH is 1. The van der Waals surface area contributed by atoms with Crippen LogP contribution in [0, 0.1) is 5.41 Å². The second-order valence-electron chi connectivity index (χ2n) is 6.36. The highest BCUT2D eigenvalue weighted by atomic mass is 16.5. The fourth-order valence-corrected chi connectivity index (χ4v) is 3.32. The zero-order chi connectivity index (χ0) is 18.6. The van der Waals surface area contributed by atoms with E-state index in [1.165, 1.54) is 0 Å². The highest BCUT2D eigenvalue weighted by Crippen LogP contribution is 2.49. The normalized spacial score (nSPS) is 26.3. The predicted octanol–water partition coefficient (Wildman–Crippen LogP) is 3.46. The maximum absolute atomic E-state index is 11.8. The smallest absolute Gasteiger partial charge is 0.337 e. The molecule has 6 heteroatoms. The van der Waals surface area contributed by atoms with Crippen LogP contribution in [0.1, 0.15) is 78.6 Å². The van der Waals surface area contributed by atoms with Gasteiger partial charge in [0, 0.05) is 13.2 Å². The van der Waals surface area contributed by atoms with Gasteiger partial charge >= 0.3 is 11.9 Å². The van der Waals surface area contributed by atoms with Gasteiger partial charge in [0.2, 0.25) is 0 Å². The van der Waals surface area contributed by atoms with E-state index >= 15 is 0 Å². The second-order valence-corrected chi connectivity index (χ2v) is 6.36. The molecular formula is C18H34O6. The Hall–Kier alpha value is -1.14. The minimum Gasteiger partial charge on any atom is -0.481 e. The molecule has 24 heavy (non-hydrogen) atoms. The molecule has 1 fully saturated rings. The Morgan fingerprint density at radius 1 is 0.958 bits per heavy atom. The molecule has 6 nitrogen and oxygen atoms in total. The summed E-state index contributed by atoms with van der Waals surface area (Å²) in [6.45, 7) is 6.36. The molecule has 1 rings (SSSR count). The maximum Gasteiger partial charge on any atom is 0.337 e. The summed E-state index contributed by atoms with van der Waals surface area (Å²) < 4.78 is 5.72. The largest absolute Gasteiger partial charge is 0.481 e. The second kappa shape index (κ2) is 11.4. The molecule has 0 heterocycles. The average molecular weight is 346 g/mol. The van der Waals surface area contributed by atoms with Gasteiger partial charge in [-0.15, -0.1) is 0 Å². The lowest BCUT2D eigenvalue weighted by Crippen LogP contribution is -2.61. The monoisotopic (exact) mass is 346 g/mol. The van der Waals surface area contributed by atoms with Gasteiger partial charge in [-0.25, -0.2) is 4.79 Å². The van der Waals surface area contributed by atoms with Crippen LogP contribution in [0.25, 0.3) is 0 Å². The van der Waals surface area contributed by atoms with Crippen LogP contribution in [0.5, 0.6) is 0 Å². The molecule has 0 radical (unpaired) electrons. The molecule has 0 aromatic rings. The lowest BCUT2D eigenvalue weighted by atomic mass is 9.61. The van der Waals surface area contributed by atoms with E-state index in [-0.39, 0.29) is 12.8 Å². The summed E-state index contributed by atoms with van der Waals surface area (Å²) in [4.78, 5) is 23.6. The SMILES string of the molecule is CCCCCOC1(C(=O)O)CCCCC1(CC)C(=O)O.CCCO. The molecule has 1 aliphatic carbocycles. The molecule has 0 bridgehead atoms. The Balaban J connectivity index is 0.00000118. The first-order valence-electron chi connectivity index (χ1n) is 9.10. The van der Waals surface area contributed by atoms with Gasteiger partial charge in [-0.05, 0) is 38.5 Å². The molecule has 142 valence electrons. The van der Waals surface area contributed by atoms with Crippen molar-refractivity contribution in [3.63, 3.8) is 0 Å². The topological polar surface area (TPSA) is 104 Å². The van der Waals surface area contributed by atoms with E-state index in [2.05, 4.69) is 6.92 Å². The lowest BCUT2D eigenvalue weighted by Gasteiger charge is -2.47. The fraction of sp³-hybridized carbons (Fsp3) is 0.889. The van der Waals surface area contributed by atoms with Gasteiger partial charge in [-0.1, -0.05) is 40.0 Å². The number of unbranched alkanes of at least 4 members (excludes halogenated alkanes) is 2. The summed E-state index contributed by atoms with van der Waals surface area (Å²) in [7, 11) is 0. The molecule has 0 saturated heterocycles. The highest BCUT2D eigenvalue weighted by Gasteiger charge is 2.62. The van der Waals surface area contributed by atoms with Crippen LogP contribution in [-0.4, -0.2) is 46.1 Å². The molecule has 0 amide bonds. The van der Waals surface area contributed by atoms with Gasteiger partial charge < -0.3 is 20.1 Å². The Morgan fingerprint density at radius 2 is 1.54 bits per heavy atom. The summed E-state index contributed by atoms with van der Waals surface area (Å²) in [5.74, 6) is -2.17. The molecular weight excluding hydrogens is 312 g/mol. The van der Waals surface area contributed by atoms with Crippen molar-refractivity contribution in [3.8, 4) is 0 Å². The summed E-state index contributed by atoms with van der Waals surface area (Å²) in [6.07, 6.45) is 6.01. The van der Waals surface area contributed by atoms with E-state index in [1.807, 2.05) is 6.92 Å². The maximum atomic E-state index is 11.8. The van der Waals surface area contributed by atoms with Gasteiger partial charge in [0.1, 0.15) is 5.41 Å². The quantitative estimate of drug-likeness (QED) is 0.552. The van der Waals surface area contributed by atoms with Gasteiger partial charge in [-0.3, -0.25) is 4.79 Å². The van der Waals surface area contributed by atoms with Crippen LogP contribution in [0.15, 0.2) is 0 Å². The number of ether oxygens (including phenoxy) is 1. The number of rotatable bonds is 9. The third kappa shape index (κ3) is 5.18. The molecule has 1 saturated carbocycles. The number of hydrogen-bond acceptors (Lipinski definition) is 4. The Labute approximate surface area is 145 Å². The third-order valence-electron chi connectivity index (χ3n) is 4.83. The fourth-order valence-electron chi connectivity index (χ4n) is 3.32. The first kappa shape index (κ1) is 22.9. The first-order chi connectivity index (χ1) is 11.4. The first-order valence-corrected chi connectivity index (χ1v) is 9.10. The van der Waals surface area contributed by atoms with Crippen molar-refractivity contribution in [1.82, 2.24) is 0 Å². The summed E-state index contributed by atoms with van der Waals surface area (Å²) in [6, 6.07) is 0. The van der Waals surface area contributed by atoms with Gasteiger partial charge in [0.25, 0.3) is 0 Å². The highest BCUT2D eigenvalue weighted by molar-refractivity contribution is 5.89. The Morgan fingerprint density at radius 3 is 1.96 bits per heavy atom. The van der Waals surface area contributed by atoms with E-state index in [0.29, 0.717) is 26.1 Å². The van der Waals surface area contributed by atoms with Gasteiger partial charge in [0.15, 0.2) is 5.60 Å². The molecule has 2 unspecified atom stereocenters. The van der Waals surface area contributed by atoms with E-state index < -0.39 is 23.0 Å². The van der Waals surface area contributed by atoms with Crippen molar-refractivity contribution < 1.29 is 29.6 Å². The van der Waals surface area contributed by atoms with Crippen molar-refractivity contribution in [3.05, 3.63) is 0 Å². The van der Waals surface area contributed by atoms with Crippen molar-refractivity contribution in [2.24, 2.45) is 5.41 Å². The Kier molecular flexibility index (Phi) is 10.9. The number of carboxylic acid groups (broad SMARTS) is 2. The third-order valence-corrected chi connectivity index (χ3v) is 4.83. The molecule has 0 aliphatic heterocycles. The van der Waals surface area contributed by atoms with E-state index in [9.17, 15) is 19.8 Å². The van der Waals surface area contributed by atoms with Crippen molar-refractivity contribution in [2.45, 2.75) is 84.2 Å². The summed E-state index contributed by atoms with van der Waals surface area (Å²) >= 11 is 0. The minimum atomic E-state index is -1.57. The van der Waals surface area contributed by atoms with Crippen LogP contribution in [0.3, 0.4) is 0 Å². The number of carbonyl (C=O) groups is 2. The van der Waals surface area contributed by atoms with Crippen LogP contribution in [0.2, 0.25) is 0 Å². The van der Waals surface area contributed by atoms with Crippen LogP contribution >= 0.6 is 0 Å². The van der Waals surface area contributed by atoms with E-state index in [0.717, 1.165) is 32.1 Å². The molecule has 2 atom stereocenters. The molecule has 0 aromatic carbocycles. The standard InChI is InChI=1S/C15H26O5.C3H8O/c1-3-5-8-11-20-15(13(18)19)10-7-6-9-14(15,4-2)12(16)17;1-2-3-4/h3-11H2,1-2H3,(H,16,17)(H,18,19);4H,2-3H2,1H3. The predicted molar refractivity (Wildman–Crippen MR) is 92.0 cm³/mol. The van der Waals surface area contributed by atoms with Crippen LogP contribution in [-0.2, 0) is 14.3 Å². The minimum absolute atomic E-state index is 0.280. The zero-order valence-electron chi connectivity index (χ0n) is 15.3. The van der Waals surface area contributed by atoms with Gasteiger partial charge in [-0.2, -0.15) is 0 Å². The van der Waals surface area contributed by atoms with Crippen LogP contribution < -0.4 is 0 Å². The number of carboxylic acids is 2. The molecule has 0 spiro atoms. The number of hydrogen-bond donors (Lipinski definition) is 3. The average Bonchev–Trinajstić information content (AvgIpc) is 2.58.